The summed E-state index contributed by atoms with van der Waals surface area (Å²) in [6, 6.07) is 14.7. The zero-order valence-electron chi connectivity index (χ0n) is 15.4. The Morgan fingerprint density at radius 2 is 1.78 bits per heavy atom. The van der Waals surface area contributed by atoms with Crippen LogP contribution in [-0.4, -0.2) is 37.8 Å². The third-order valence-corrected chi connectivity index (χ3v) is 3.45. The highest BCUT2D eigenvalue weighted by Crippen LogP contribution is 2.11. The highest BCUT2D eigenvalue weighted by atomic mass is 16.6. The molecule has 0 unspecified atom stereocenters. The van der Waals surface area contributed by atoms with Crippen molar-refractivity contribution in [3.63, 3.8) is 0 Å². The van der Waals surface area contributed by atoms with Gasteiger partial charge < -0.3 is 14.8 Å². The molecule has 1 amide bonds. The Kier molecular flexibility index (Phi) is 7.84. The number of esters is 1. The van der Waals surface area contributed by atoms with E-state index in [4.69, 9.17) is 9.47 Å². The SMILES string of the molecule is CCOC(=O)COc1ccc(/C=N\NC(=O)CNc2ccc(C)cc2)cc1. The molecule has 0 fully saturated rings. The van der Waals surface area contributed by atoms with E-state index < -0.39 is 5.97 Å². The third kappa shape index (κ3) is 7.60. The normalized spacial score (nSPS) is 10.4. The quantitative estimate of drug-likeness (QED) is 0.403. The van der Waals surface area contributed by atoms with E-state index in [1.807, 2.05) is 31.2 Å². The van der Waals surface area contributed by atoms with Crippen LogP contribution < -0.4 is 15.5 Å². The summed E-state index contributed by atoms with van der Waals surface area (Å²) in [6.45, 7) is 4.06. The maximum absolute atomic E-state index is 11.8. The first-order valence-electron chi connectivity index (χ1n) is 8.57. The second-order valence-electron chi connectivity index (χ2n) is 5.68. The van der Waals surface area contributed by atoms with Crippen LogP contribution in [0.4, 0.5) is 5.69 Å². The molecule has 7 nitrogen and oxygen atoms in total. The van der Waals surface area contributed by atoms with Gasteiger partial charge in [-0.05, 0) is 55.8 Å². The highest BCUT2D eigenvalue weighted by Gasteiger charge is 2.03. The van der Waals surface area contributed by atoms with Gasteiger partial charge in [0.2, 0.25) is 0 Å². The summed E-state index contributed by atoms with van der Waals surface area (Å²) in [4.78, 5) is 23.0. The first-order valence-corrected chi connectivity index (χ1v) is 8.57. The van der Waals surface area contributed by atoms with Gasteiger partial charge in [0.15, 0.2) is 6.61 Å². The molecule has 2 aromatic rings. The van der Waals surface area contributed by atoms with Gasteiger partial charge in [-0.25, -0.2) is 10.2 Å². The molecule has 0 atom stereocenters. The lowest BCUT2D eigenvalue weighted by Crippen LogP contribution is -2.25. The Labute approximate surface area is 158 Å². The van der Waals surface area contributed by atoms with Gasteiger partial charge in [-0.2, -0.15) is 5.10 Å². The summed E-state index contributed by atoms with van der Waals surface area (Å²) in [5.74, 6) is -0.113. The number of carbonyl (C=O) groups excluding carboxylic acids is 2. The van der Waals surface area contributed by atoms with Crippen LogP contribution in [-0.2, 0) is 14.3 Å². The monoisotopic (exact) mass is 369 g/mol. The molecular formula is C20H23N3O4. The lowest BCUT2D eigenvalue weighted by atomic mass is 10.2. The predicted molar refractivity (Wildman–Crippen MR) is 104 cm³/mol. The van der Waals surface area contributed by atoms with Gasteiger partial charge in [-0.1, -0.05) is 17.7 Å². The lowest BCUT2D eigenvalue weighted by Gasteiger charge is -2.06. The average molecular weight is 369 g/mol. The van der Waals surface area contributed by atoms with Crippen molar-refractivity contribution in [2.45, 2.75) is 13.8 Å². The average Bonchev–Trinajstić information content (AvgIpc) is 2.67. The predicted octanol–water partition coefficient (Wildman–Crippen LogP) is 2.50. The van der Waals surface area contributed by atoms with E-state index in [-0.39, 0.29) is 19.1 Å². The van der Waals surface area contributed by atoms with Crippen LogP contribution in [0.3, 0.4) is 0 Å². The molecule has 0 aliphatic rings. The zero-order valence-corrected chi connectivity index (χ0v) is 15.4. The second kappa shape index (κ2) is 10.6. The van der Waals surface area contributed by atoms with E-state index in [0.717, 1.165) is 16.8 Å². The molecule has 0 bridgehead atoms. The molecule has 0 saturated heterocycles. The molecule has 0 aliphatic carbocycles. The van der Waals surface area contributed by atoms with Gasteiger partial charge >= 0.3 is 5.97 Å². The van der Waals surface area contributed by atoms with E-state index in [2.05, 4.69) is 15.8 Å². The number of benzene rings is 2. The Morgan fingerprint density at radius 3 is 2.44 bits per heavy atom. The molecule has 27 heavy (non-hydrogen) atoms. The number of rotatable bonds is 9. The van der Waals surface area contributed by atoms with Crippen molar-refractivity contribution in [3.8, 4) is 5.75 Å². The molecular weight excluding hydrogens is 346 g/mol. The largest absolute Gasteiger partial charge is 0.482 e. The topological polar surface area (TPSA) is 89.0 Å². The maximum atomic E-state index is 11.8. The van der Waals surface area contributed by atoms with Gasteiger partial charge in [0, 0.05) is 5.69 Å². The van der Waals surface area contributed by atoms with Gasteiger partial charge in [0.1, 0.15) is 5.75 Å². The van der Waals surface area contributed by atoms with E-state index in [9.17, 15) is 9.59 Å². The van der Waals surface area contributed by atoms with Crippen LogP contribution in [0, 0.1) is 6.92 Å². The number of anilines is 1. The summed E-state index contributed by atoms with van der Waals surface area (Å²) in [7, 11) is 0. The molecule has 2 aromatic carbocycles. The van der Waals surface area contributed by atoms with E-state index in [1.54, 1.807) is 31.2 Å². The summed E-state index contributed by atoms with van der Waals surface area (Å²) in [6.07, 6.45) is 1.53. The first-order chi connectivity index (χ1) is 13.1. The molecule has 7 heteroatoms. The first kappa shape index (κ1) is 20.0. The molecule has 0 saturated carbocycles. The second-order valence-corrected chi connectivity index (χ2v) is 5.68. The number of hydrazone groups is 1. The summed E-state index contributed by atoms with van der Waals surface area (Å²) in [5.41, 5.74) is 5.27. The molecule has 2 N–H and O–H groups in total. The minimum Gasteiger partial charge on any atom is -0.482 e. The van der Waals surface area contributed by atoms with E-state index >= 15 is 0 Å². The van der Waals surface area contributed by atoms with Crippen LogP contribution in [0.2, 0.25) is 0 Å². The van der Waals surface area contributed by atoms with Crippen LogP contribution >= 0.6 is 0 Å². The lowest BCUT2D eigenvalue weighted by molar-refractivity contribution is -0.145. The molecule has 0 aliphatic heterocycles. The van der Waals surface area contributed by atoms with Crippen LogP contribution in [0.5, 0.6) is 5.75 Å². The minimum atomic E-state index is -0.412. The number of hydrogen-bond donors (Lipinski definition) is 2. The maximum Gasteiger partial charge on any atom is 0.344 e. The van der Waals surface area contributed by atoms with Gasteiger partial charge in [0.05, 0.1) is 19.4 Å². The number of ether oxygens (including phenoxy) is 2. The standard InChI is InChI=1S/C20H23N3O4/c1-3-26-20(25)14-27-18-10-6-16(7-11-18)12-22-23-19(24)13-21-17-8-4-15(2)5-9-17/h4-12,21H,3,13-14H2,1-2H3,(H,23,24)/b22-12-. The third-order valence-electron chi connectivity index (χ3n) is 3.45. The number of carbonyl (C=O) groups is 2. The zero-order chi connectivity index (χ0) is 19.5. The summed E-state index contributed by atoms with van der Waals surface area (Å²) >= 11 is 0. The minimum absolute atomic E-state index is 0.126. The van der Waals surface area contributed by atoms with Crippen molar-refractivity contribution in [1.29, 1.82) is 0 Å². The number of hydrogen-bond acceptors (Lipinski definition) is 6. The number of aryl methyl sites for hydroxylation is 1. The molecule has 2 rings (SSSR count). The van der Waals surface area contributed by atoms with Crippen molar-refractivity contribution >= 4 is 23.8 Å². The summed E-state index contributed by atoms with van der Waals surface area (Å²) < 4.78 is 10.1. The fourth-order valence-corrected chi connectivity index (χ4v) is 2.07. The fourth-order valence-electron chi connectivity index (χ4n) is 2.07. The smallest absolute Gasteiger partial charge is 0.344 e. The van der Waals surface area contributed by atoms with Crippen molar-refractivity contribution in [1.82, 2.24) is 5.43 Å². The van der Waals surface area contributed by atoms with Crippen LogP contribution in [0.1, 0.15) is 18.1 Å². The number of nitrogens with zero attached hydrogens (tertiary/aromatic N) is 1. The number of amides is 1. The van der Waals surface area contributed by atoms with Gasteiger partial charge in [0.25, 0.3) is 5.91 Å². The van der Waals surface area contributed by atoms with Gasteiger partial charge in [-0.3, -0.25) is 4.79 Å². The van der Waals surface area contributed by atoms with E-state index in [0.29, 0.717) is 12.4 Å². The van der Waals surface area contributed by atoms with E-state index in [1.165, 1.54) is 6.21 Å². The van der Waals surface area contributed by atoms with Crippen LogP contribution in [0.15, 0.2) is 53.6 Å². The molecule has 0 aromatic heterocycles. The van der Waals surface area contributed by atoms with Gasteiger partial charge in [-0.15, -0.1) is 0 Å². The Morgan fingerprint density at radius 1 is 1.07 bits per heavy atom. The van der Waals surface area contributed by atoms with Crippen molar-refractivity contribution in [2.24, 2.45) is 5.10 Å². The summed E-state index contributed by atoms with van der Waals surface area (Å²) in [5, 5.41) is 6.94. The molecule has 142 valence electrons. The molecule has 0 radical (unpaired) electrons. The molecule has 0 heterocycles. The fraction of sp³-hybridized carbons (Fsp3) is 0.250. The Hall–Kier alpha value is -3.35. The Bertz CT molecular complexity index is 771. The van der Waals surface area contributed by atoms with Crippen molar-refractivity contribution < 1.29 is 19.1 Å². The van der Waals surface area contributed by atoms with Crippen molar-refractivity contribution in [2.75, 3.05) is 25.1 Å². The number of nitrogens with one attached hydrogen (secondary N) is 2. The highest BCUT2D eigenvalue weighted by molar-refractivity contribution is 5.84. The van der Waals surface area contributed by atoms with Crippen LogP contribution in [0.25, 0.3) is 0 Å². The molecule has 0 spiro atoms. The Balaban J connectivity index is 1.72. The van der Waals surface area contributed by atoms with Crippen molar-refractivity contribution in [3.05, 3.63) is 59.7 Å².